The molecule has 0 aliphatic rings. The first-order chi connectivity index (χ1) is 6.11. The Labute approximate surface area is 83.2 Å². The lowest BCUT2D eigenvalue weighted by atomic mass is 9.93. The maximum absolute atomic E-state index is 5.52. The van der Waals surface area contributed by atoms with E-state index in [1.165, 1.54) is 25.7 Å². The second kappa shape index (κ2) is 7.34. The van der Waals surface area contributed by atoms with Gasteiger partial charge in [0.2, 0.25) is 0 Å². The SMILES string of the molecule is CCC(C)C(CCCC(C)C)NN. The zero-order valence-corrected chi connectivity index (χ0v) is 9.64. The molecule has 0 saturated carbocycles. The summed E-state index contributed by atoms with van der Waals surface area (Å²) in [6, 6.07) is 0.503. The Hall–Kier alpha value is -0.0800. The molecule has 0 heterocycles. The third-order valence-electron chi connectivity index (χ3n) is 2.84. The van der Waals surface area contributed by atoms with Gasteiger partial charge in [-0.15, -0.1) is 0 Å². The first-order valence-corrected chi connectivity index (χ1v) is 5.57. The topological polar surface area (TPSA) is 38.0 Å². The van der Waals surface area contributed by atoms with E-state index < -0.39 is 0 Å². The van der Waals surface area contributed by atoms with Crippen LogP contribution in [0.25, 0.3) is 0 Å². The van der Waals surface area contributed by atoms with Crippen LogP contribution in [0.4, 0.5) is 0 Å². The molecule has 2 nitrogen and oxygen atoms in total. The number of nitrogens with one attached hydrogen (secondary N) is 1. The van der Waals surface area contributed by atoms with Crippen LogP contribution in [0.1, 0.15) is 53.4 Å². The molecule has 3 N–H and O–H groups in total. The van der Waals surface area contributed by atoms with Crippen LogP contribution >= 0.6 is 0 Å². The van der Waals surface area contributed by atoms with Crippen LogP contribution in [0.2, 0.25) is 0 Å². The van der Waals surface area contributed by atoms with E-state index in [0.29, 0.717) is 12.0 Å². The molecule has 0 rings (SSSR count). The molecule has 0 aromatic heterocycles. The molecule has 0 spiro atoms. The van der Waals surface area contributed by atoms with Crippen LogP contribution in [0.5, 0.6) is 0 Å². The molecule has 13 heavy (non-hydrogen) atoms. The van der Waals surface area contributed by atoms with Crippen molar-refractivity contribution in [2.45, 2.75) is 59.4 Å². The molecule has 0 bridgehead atoms. The Morgan fingerprint density at radius 2 is 1.77 bits per heavy atom. The van der Waals surface area contributed by atoms with E-state index >= 15 is 0 Å². The fourth-order valence-corrected chi connectivity index (χ4v) is 1.56. The zero-order valence-electron chi connectivity index (χ0n) is 9.64. The lowest BCUT2D eigenvalue weighted by Crippen LogP contribution is -2.39. The summed E-state index contributed by atoms with van der Waals surface area (Å²) in [5.74, 6) is 7.02. The van der Waals surface area contributed by atoms with Crippen molar-refractivity contribution in [1.82, 2.24) is 5.43 Å². The van der Waals surface area contributed by atoms with Gasteiger partial charge >= 0.3 is 0 Å². The molecule has 80 valence electrons. The monoisotopic (exact) mass is 186 g/mol. The summed E-state index contributed by atoms with van der Waals surface area (Å²) in [5, 5.41) is 0. The van der Waals surface area contributed by atoms with Crippen molar-refractivity contribution >= 4 is 0 Å². The highest BCUT2D eigenvalue weighted by Crippen LogP contribution is 2.15. The van der Waals surface area contributed by atoms with E-state index in [1.54, 1.807) is 0 Å². The summed E-state index contributed by atoms with van der Waals surface area (Å²) in [4.78, 5) is 0. The molecule has 0 radical (unpaired) electrons. The van der Waals surface area contributed by atoms with E-state index in [9.17, 15) is 0 Å². The highest BCUT2D eigenvalue weighted by molar-refractivity contribution is 4.69. The fourth-order valence-electron chi connectivity index (χ4n) is 1.56. The van der Waals surface area contributed by atoms with Crippen molar-refractivity contribution < 1.29 is 0 Å². The van der Waals surface area contributed by atoms with Crippen molar-refractivity contribution in [3.05, 3.63) is 0 Å². The maximum Gasteiger partial charge on any atom is 0.0236 e. The number of hydrazine groups is 1. The molecule has 2 atom stereocenters. The molecular weight excluding hydrogens is 160 g/mol. The second-order valence-corrected chi connectivity index (χ2v) is 4.48. The minimum atomic E-state index is 0.503. The van der Waals surface area contributed by atoms with E-state index in [2.05, 4.69) is 33.1 Å². The number of rotatable bonds is 7. The number of hydrogen-bond acceptors (Lipinski definition) is 2. The minimum absolute atomic E-state index is 0.503. The van der Waals surface area contributed by atoms with E-state index in [-0.39, 0.29) is 0 Å². The molecule has 0 aliphatic carbocycles. The quantitative estimate of drug-likeness (QED) is 0.474. The summed E-state index contributed by atoms with van der Waals surface area (Å²) in [6.07, 6.45) is 5.02. The Morgan fingerprint density at radius 3 is 2.15 bits per heavy atom. The number of nitrogens with two attached hydrogens (primary N) is 1. The highest BCUT2D eigenvalue weighted by atomic mass is 15.2. The van der Waals surface area contributed by atoms with Gasteiger partial charge in [-0.2, -0.15) is 0 Å². The van der Waals surface area contributed by atoms with E-state index in [1.807, 2.05) is 0 Å². The van der Waals surface area contributed by atoms with Crippen LogP contribution in [0.15, 0.2) is 0 Å². The normalized spacial score (nSPS) is 16.2. The number of hydrogen-bond donors (Lipinski definition) is 2. The molecule has 2 unspecified atom stereocenters. The molecule has 0 saturated heterocycles. The third kappa shape index (κ3) is 6.05. The van der Waals surface area contributed by atoms with Crippen LogP contribution < -0.4 is 11.3 Å². The van der Waals surface area contributed by atoms with Crippen molar-refractivity contribution in [3.8, 4) is 0 Å². The van der Waals surface area contributed by atoms with Crippen LogP contribution in [-0.4, -0.2) is 6.04 Å². The summed E-state index contributed by atoms with van der Waals surface area (Å²) >= 11 is 0. The highest BCUT2D eigenvalue weighted by Gasteiger charge is 2.13. The van der Waals surface area contributed by atoms with Crippen molar-refractivity contribution in [3.63, 3.8) is 0 Å². The predicted molar refractivity (Wildman–Crippen MR) is 59.3 cm³/mol. The van der Waals surface area contributed by atoms with Gasteiger partial charge in [-0.05, 0) is 18.3 Å². The van der Waals surface area contributed by atoms with Crippen molar-refractivity contribution in [2.75, 3.05) is 0 Å². The van der Waals surface area contributed by atoms with Gasteiger partial charge < -0.3 is 0 Å². The maximum atomic E-state index is 5.52. The first-order valence-electron chi connectivity index (χ1n) is 5.57. The predicted octanol–water partition coefficient (Wildman–Crippen LogP) is 2.69. The minimum Gasteiger partial charge on any atom is -0.271 e. The molecule has 0 amide bonds. The van der Waals surface area contributed by atoms with Gasteiger partial charge in [0, 0.05) is 6.04 Å². The largest absolute Gasteiger partial charge is 0.271 e. The third-order valence-corrected chi connectivity index (χ3v) is 2.84. The van der Waals surface area contributed by atoms with Gasteiger partial charge in [0.1, 0.15) is 0 Å². The zero-order chi connectivity index (χ0) is 10.3. The summed E-state index contributed by atoms with van der Waals surface area (Å²) < 4.78 is 0. The van der Waals surface area contributed by atoms with Gasteiger partial charge in [-0.3, -0.25) is 11.3 Å². The molecule has 0 aliphatic heterocycles. The lowest BCUT2D eigenvalue weighted by molar-refractivity contribution is 0.336. The Morgan fingerprint density at radius 1 is 1.15 bits per heavy atom. The van der Waals surface area contributed by atoms with Gasteiger partial charge in [0.05, 0.1) is 0 Å². The van der Waals surface area contributed by atoms with Crippen molar-refractivity contribution in [1.29, 1.82) is 0 Å². The average Bonchev–Trinajstić information content (AvgIpc) is 2.11. The second-order valence-electron chi connectivity index (χ2n) is 4.48. The van der Waals surface area contributed by atoms with E-state index in [0.717, 1.165) is 5.92 Å². The van der Waals surface area contributed by atoms with E-state index in [4.69, 9.17) is 5.84 Å². The van der Waals surface area contributed by atoms with Crippen LogP contribution in [-0.2, 0) is 0 Å². The van der Waals surface area contributed by atoms with Crippen LogP contribution in [0, 0.1) is 11.8 Å². The fraction of sp³-hybridized carbons (Fsp3) is 1.00. The summed E-state index contributed by atoms with van der Waals surface area (Å²) in [5.41, 5.74) is 2.93. The first kappa shape index (κ1) is 12.9. The van der Waals surface area contributed by atoms with Gasteiger partial charge in [0.15, 0.2) is 0 Å². The molecular formula is C11H26N2. The molecule has 0 aromatic carbocycles. The Bertz CT molecular complexity index is 113. The molecule has 2 heteroatoms. The Balaban J connectivity index is 3.59. The standard InChI is InChI=1S/C11H26N2/c1-5-10(4)11(13-12)8-6-7-9(2)3/h9-11,13H,5-8,12H2,1-4H3. The summed E-state index contributed by atoms with van der Waals surface area (Å²) in [6.45, 7) is 9.03. The molecule has 0 fully saturated rings. The van der Waals surface area contributed by atoms with Gasteiger partial charge in [-0.1, -0.05) is 47.0 Å². The Kier molecular flexibility index (Phi) is 7.29. The summed E-state index contributed by atoms with van der Waals surface area (Å²) in [7, 11) is 0. The lowest BCUT2D eigenvalue weighted by Gasteiger charge is -2.22. The van der Waals surface area contributed by atoms with Crippen molar-refractivity contribution in [2.24, 2.45) is 17.7 Å². The smallest absolute Gasteiger partial charge is 0.0236 e. The van der Waals surface area contributed by atoms with Gasteiger partial charge in [-0.25, -0.2) is 0 Å². The molecule has 0 aromatic rings. The average molecular weight is 186 g/mol. The van der Waals surface area contributed by atoms with Gasteiger partial charge in [0.25, 0.3) is 0 Å². The van der Waals surface area contributed by atoms with Crippen LogP contribution in [0.3, 0.4) is 0 Å².